The van der Waals surface area contributed by atoms with Crippen molar-refractivity contribution in [3.63, 3.8) is 0 Å². The zero-order valence-corrected chi connectivity index (χ0v) is 18.5. The normalized spacial score (nSPS) is 17.4. The lowest BCUT2D eigenvalue weighted by Gasteiger charge is -2.30. The van der Waals surface area contributed by atoms with E-state index in [0.717, 1.165) is 47.5 Å². The number of nitrogens with zero attached hydrogens (tertiary/aromatic N) is 3. The molecule has 2 aromatic heterocycles. The fourth-order valence-corrected chi connectivity index (χ4v) is 5.26. The summed E-state index contributed by atoms with van der Waals surface area (Å²) in [4.78, 5) is 24.1. The minimum Gasteiger partial charge on any atom is -0.302 e. The molecule has 3 aromatic rings. The molecule has 1 N–H and O–H groups in total. The third-order valence-electron chi connectivity index (χ3n) is 5.08. The Labute approximate surface area is 179 Å². The van der Waals surface area contributed by atoms with Crippen molar-refractivity contribution in [1.29, 1.82) is 0 Å². The van der Waals surface area contributed by atoms with E-state index < -0.39 is 0 Å². The molecule has 7 heteroatoms. The summed E-state index contributed by atoms with van der Waals surface area (Å²) in [6.45, 7) is 7.51. The summed E-state index contributed by atoms with van der Waals surface area (Å²) in [5.41, 5.74) is 4.13. The molecule has 1 fully saturated rings. The molecule has 1 amide bonds. The molecule has 1 unspecified atom stereocenters. The standard InChI is InChI=1S/C22H26N4OS2/c1-15-5-3-7-17(9-15)21-23-18(13-28-21)10-20(27)25-22-24-19(14-29-22)12-26-8-4-6-16(2)11-26/h3,5,7,9,13-14,16H,4,6,8,10-12H2,1-2H3,(H,24,25,27). The first-order chi connectivity index (χ1) is 14.0. The van der Waals surface area contributed by atoms with Crippen LogP contribution in [0.2, 0.25) is 0 Å². The van der Waals surface area contributed by atoms with Crippen LogP contribution in [0.5, 0.6) is 0 Å². The largest absolute Gasteiger partial charge is 0.302 e. The minimum absolute atomic E-state index is 0.0708. The van der Waals surface area contributed by atoms with E-state index in [9.17, 15) is 4.79 Å². The van der Waals surface area contributed by atoms with E-state index >= 15 is 0 Å². The number of hydrogen-bond acceptors (Lipinski definition) is 6. The lowest BCUT2D eigenvalue weighted by molar-refractivity contribution is -0.115. The summed E-state index contributed by atoms with van der Waals surface area (Å²) in [5.74, 6) is 0.683. The van der Waals surface area contributed by atoms with Crippen LogP contribution in [0.25, 0.3) is 10.6 Å². The van der Waals surface area contributed by atoms with Gasteiger partial charge in [-0.05, 0) is 38.3 Å². The van der Waals surface area contributed by atoms with Gasteiger partial charge < -0.3 is 5.32 Å². The van der Waals surface area contributed by atoms with Crippen LogP contribution in [0.4, 0.5) is 5.13 Å². The van der Waals surface area contributed by atoms with Crippen LogP contribution in [-0.2, 0) is 17.8 Å². The highest BCUT2D eigenvalue weighted by Crippen LogP contribution is 2.25. The number of carbonyl (C=O) groups excluding carboxylic acids is 1. The summed E-state index contributed by atoms with van der Waals surface area (Å²) in [6, 6.07) is 8.27. The number of hydrogen-bond donors (Lipinski definition) is 1. The number of piperidine rings is 1. The third kappa shape index (κ3) is 5.50. The number of carbonyl (C=O) groups is 1. The van der Waals surface area contributed by atoms with Gasteiger partial charge in [-0.15, -0.1) is 22.7 Å². The molecule has 0 radical (unpaired) electrons. The van der Waals surface area contributed by atoms with Crippen LogP contribution in [-0.4, -0.2) is 33.9 Å². The molecule has 0 saturated carbocycles. The van der Waals surface area contributed by atoms with Crippen molar-refractivity contribution in [2.24, 2.45) is 5.92 Å². The summed E-state index contributed by atoms with van der Waals surface area (Å²) < 4.78 is 0. The zero-order chi connectivity index (χ0) is 20.2. The van der Waals surface area contributed by atoms with Gasteiger partial charge >= 0.3 is 0 Å². The van der Waals surface area contributed by atoms with Gasteiger partial charge in [0.15, 0.2) is 5.13 Å². The SMILES string of the molecule is Cc1cccc(-c2nc(CC(=O)Nc3nc(CN4CCCC(C)C4)cs3)cs2)c1. The van der Waals surface area contributed by atoms with Crippen molar-refractivity contribution in [2.75, 3.05) is 18.4 Å². The van der Waals surface area contributed by atoms with E-state index in [0.29, 0.717) is 5.13 Å². The number of amides is 1. The van der Waals surface area contributed by atoms with Crippen LogP contribution >= 0.6 is 22.7 Å². The Hall–Kier alpha value is -2.09. The maximum Gasteiger partial charge on any atom is 0.232 e. The van der Waals surface area contributed by atoms with E-state index in [1.54, 1.807) is 11.3 Å². The molecule has 0 bridgehead atoms. The fourth-order valence-electron chi connectivity index (χ4n) is 3.72. The van der Waals surface area contributed by atoms with Gasteiger partial charge in [0.25, 0.3) is 0 Å². The molecule has 1 aliphatic heterocycles. The Morgan fingerprint density at radius 1 is 1.24 bits per heavy atom. The molecular weight excluding hydrogens is 400 g/mol. The molecule has 29 heavy (non-hydrogen) atoms. The van der Waals surface area contributed by atoms with Gasteiger partial charge in [0.1, 0.15) is 5.01 Å². The van der Waals surface area contributed by atoms with Crippen LogP contribution < -0.4 is 5.32 Å². The maximum absolute atomic E-state index is 12.4. The number of nitrogens with one attached hydrogen (secondary N) is 1. The van der Waals surface area contributed by atoms with Crippen LogP contribution in [0.3, 0.4) is 0 Å². The smallest absolute Gasteiger partial charge is 0.232 e. The van der Waals surface area contributed by atoms with Crippen molar-refractivity contribution in [3.05, 3.63) is 52.0 Å². The quantitative estimate of drug-likeness (QED) is 0.603. The Bertz CT molecular complexity index is 981. The number of benzene rings is 1. The Morgan fingerprint density at radius 3 is 2.93 bits per heavy atom. The number of likely N-dealkylation sites (tertiary alicyclic amines) is 1. The third-order valence-corrected chi connectivity index (χ3v) is 6.83. The first-order valence-corrected chi connectivity index (χ1v) is 11.8. The van der Waals surface area contributed by atoms with Crippen molar-refractivity contribution in [3.8, 4) is 10.6 Å². The van der Waals surface area contributed by atoms with Gasteiger partial charge in [-0.2, -0.15) is 0 Å². The second-order valence-electron chi connectivity index (χ2n) is 7.86. The summed E-state index contributed by atoms with van der Waals surface area (Å²) >= 11 is 3.07. The Kier molecular flexibility index (Phi) is 6.37. The van der Waals surface area contributed by atoms with Gasteiger partial charge in [-0.25, -0.2) is 9.97 Å². The minimum atomic E-state index is -0.0708. The first kappa shape index (κ1) is 20.2. The van der Waals surface area contributed by atoms with Crippen molar-refractivity contribution in [2.45, 2.75) is 39.7 Å². The average Bonchev–Trinajstić information content (AvgIpc) is 3.31. The van der Waals surface area contributed by atoms with Crippen LogP contribution in [0.15, 0.2) is 35.0 Å². The van der Waals surface area contributed by atoms with Gasteiger partial charge in [-0.3, -0.25) is 9.69 Å². The highest BCUT2D eigenvalue weighted by Gasteiger charge is 2.18. The highest BCUT2D eigenvalue weighted by molar-refractivity contribution is 7.14. The fraction of sp³-hybridized carbons (Fsp3) is 0.409. The molecule has 1 saturated heterocycles. The second kappa shape index (κ2) is 9.15. The van der Waals surface area contributed by atoms with E-state index in [-0.39, 0.29) is 12.3 Å². The molecule has 5 nitrogen and oxygen atoms in total. The number of rotatable bonds is 6. The average molecular weight is 427 g/mol. The summed E-state index contributed by atoms with van der Waals surface area (Å²) in [6.07, 6.45) is 2.84. The van der Waals surface area contributed by atoms with Crippen molar-refractivity contribution in [1.82, 2.24) is 14.9 Å². The topological polar surface area (TPSA) is 58.1 Å². The highest BCUT2D eigenvalue weighted by atomic mass is 32.1. The maximum atomic E-state index is 12.4. The summed E-state index contributed by atoms with van der Waals surface area (Å²) in [7, 11) is 0. The molecule has 0 spiro atoms. The molecule has 3 heterocycles. The first-order valence-electron chi connectivity index (χ1n) is 10.0. The molecule has 4 rings (SSSR count). The predicted molar refractivity (Wildman–Crippen MR) is 120 cm³/mol. The lowest BCUT2D eigenvalue weighted by Crippen LogP contribution is -2.33. The second-order valence-corrected chi connectivity index (χ2v) is 9.58. The van der Waals surface area contributed by atoms with E-state index in [2.05, 4.69) is 52.2 Å². The molecule has 152 valence electrons. The zero-order valence-electron chi connectivity index (χ0n) is 16.9. The molecular formula is C22H26N4OS2. The van der Waals surface area contributed by atoms with Crippen molar-refractivity contribution < 1.29 is 4.79 Å². The number of thiazole rings is 2. The molecule has 0 aliphatic carbocycles. The van der Waals surface area contributed by atoms with Gasteiger partial charge in [0, 0.05) is 29.4 Å². The predicted octanol–water partition coefficient (Wildman–Crippen LogP) is 4.99. The molecule has 1 aliphatic rings. The van der Waals surface area contributed by atoms with Gasteiger partial charge in [0.2, 0.25) is 5.91 Å². The van der Waals surface area contributed by atoms with E-state index in [1.807, 2.05) is 16.8 Å². The van der Waals surface area contributed by atoms with E-state index in [4.69, 9.17) is 0 Å². The monoisotopic (exact) mass is 426 g/mol. The summed E-state index contributed by atoms with van der Waals surface area (Å²) in [5, 5.41) is 8.56. The van der Waals surface area contributed by atoms with E-state index in [1.165, 1.54) is 29.7 Å². The van der Waals surface area contributed by atoms with Crippen LogP contribution in [0, 0.1) is 12.8 Å². The number of aryl methyl sites for hydroxylation is 1. The molecule has 1 atom stereocenters. The Balaban J connectivity index is 1.32. The van der Waals surface area contributed by atoms with Crippen molar-refractivity contribution >= 4 is 33.7 Å². The lowest BCUT2D eigenvalue weighted by atomic mass is 10.0. The Morgan fingerprint density at radius 2 is 2.10 bits per heavy atom. The molecule has 1 aromatic carbocycles. The number of anilines is 1. The number of aromatic nitrogens is 2. The van der Waals surface area contributed by atoms with Gasteiger partial charge in [-0.1, -0.05) is 30.7 Å². The van der Waals surface area contributed by atoms with Crippen LogP contribution in [0.1, 0.15) is 36.7 Å². The van der Waals surface area contributed by atoms with Gasteiger partial charge in [0.05, 0.1) is 17.8 Å².